The van der Waals surface area contributed by atoms with E-state index in [1.54, 1.807) is 0 Å². The van der Waals surface area contributed by atoms with Gasteiger partial charge in [0.05, 0.1) is 0 Å². The van der Waals surface area contributed by atoms with Crippen LogP contribution in [0.2, 0.25) is 0 Å². The fourth-order valence-electron chi connectivity index (χ4n) is 4.01. The lowest BCUT2D eigenvalue weighted by molar-refractivity contribution is 1.67. The zero-order chi connectivity index (χ0) is 15.6. The summed E-state index contributed by atoms with van der Waals surface area (Å²) in [6.07, 6.45) is 0. The molecule has 0 aliphatic carbocycles. The van der Waals surface area contributed by atoms with Crippen LogP contribution in [0.3, 0.4) is 0 Å². The summed E-state index contributed by atoms with van der Waals surface area (Å²) in [5, 5.41) is 10.7. The Labute approximate surface area is 135 Å². The van der Waals surface area contributed by atoms with Crippen LogP contribution < -0.4 is 0 Å². The van der Waals surface area contributed by atoms with Crippen LogP contribution in [0, 0.1) is 0 Å². The van der Waals surface area contributed by atoms with Crippen LogP contribution in [0.5, 0.6) is 0 Å². The molecule has 5 rings (SSSR count). The zero-order valence-corrected chi connectivity index (χ0v) is 13.1. The van der Waals surface area contributed by atoms with Crippen molar-refractivity contribution in [3.05, 3.63) is 78.9 Å². The number of fused-ring (bicyclic) bond motifs is 2. The van der Waals surface area contributed by atoms with Crippen molar-refractivity contribution in [1.29, 1.82) is 0 Å². The Morgan fingerprint density at radius 2 is 1.17 bits per heavy atom. The van der Waals surface area contributed by atoms with E-state index in [0.717, 1.165) is 5.57 Å². The quantitative estimate of drug-likeness (QED) is 0.236. The first-order chi connectivity index (χ1) is 11.3. The second-order valence-electron chi connectivity index (χ2n) is 6.38. The maximum absolute atomic E-state index is 4.21. The van der Waals surface area contributed by atoms with Gasteiger partial charge < -0.3 is 0 Å². The molecular weight excluding hydrogens is 276 g/mol. The molecule has 0 heteroatoms. The van der Waals surface area contributed by atoms with Gasteiger partial charge in [0.25, 0.3) is 0 Å². The monoisotopic (exact) mass is 292 g/mol. The number of rotatable bonds is 1. The van der Waals surface area contributed by atoms with Crippen LogP contribution >= 0.6 is 0 Å². The summed E-state index contributed by atoms with van der Waals surface area (Å²) in [7, 11) is 0. The average Bonchev–Trinajstić information content (AvgIpc) is 2.58. The Bertz CT molecular complexity index is 1220. The molecule has 0 unspecified atom stereocenters. The van der Waals surface area contributed by atoms with Crippen molar-refractivity contribution in [1.82, 2.24) is 0 Å². The molecule has 0 aliphatic heterocycles. The van der Waals surface area contributed by atoms with Gasteiger partial charge in [0.15, 0.2) is 0 Å². The first kappa shape index (κ1) is 12.7. The Kier molecular flexibility index (Phi) is 2.38. The van der Waals surface area contributed by atoms with Crippen LogP contribution in [-0.4, -0.2) is 0 Å². The van der Waals surface area contributed by atoms with Gasteiger partial charge >= 0.3 is 0 Å². The summed E-state index contributed by atoms with van der Waals surface area (Å²) >= 11 is 0. The highest BCUT2D eigenvalue weighted by molar-refractivity contribution is 6.34. The molecule has 0 aromatic heterocycles. The van der Waals surface area contributed by atoms with Gasteiger partial charge in [-0.15, -0.1) is 0 Å². The van der Waals surface area contributed by atoms with Crippen LogP contribution in [-0.2, 0) is 0 Å². The third-order valence-electron chi connectivity index (χ3n) is 4.97. The predicted molar refractivity (Wildman–Crippen MR) is 102 cm³/mol. The normalized spacial score (nSPS) is 11.9. The minimum atomic E-state index is 1.12. The molecular formula is C23H16. The maximum Gasteiger partial charge on any atom is -0.00177 e. The predicted octanol–water partition coefficient (Wildman–Crippen LogP) is 6.77. The lowest BCUT2D eigenvalue weighted by atomic mass is 9.86. The average molecular weight is 292 g/mol. The molecule has 0 nitrogen and oxygen atoms in total. The van der Waals surface area contributed by atoms with Gasteiger partial charge in [0.2, 0.25) is 0 Å². The summed E-state index contributed by atoms with van der Waals surface area (Å²) < 4.78 is 0. The van der Waals surface area contributed by atoms with Crippen LogP contribution in [0.1, 0.15) is 12.5 Å². The van der Waals surface area contributed by atoms with Gasteiger partial charge in [0.1, 0.15) is 0 Å². The Morgan fingerprint density at radius 3 is 1.83 bits per heavy atom. The highest BCUT2D eigenvalue weighted by atomic mass is 14.2. The molecule has 0 atom stereocenters. The van der Waals surface area contributed by atoms with Crippen molar-refractivity contribution in [2.24, 2.45) is 0 Å². The number of hydrogen-bond donors (Lipinski definition) is 0. The summed E-state index contributed by atoms with van der Waals surface area (Å²) in [4.78, 5) is 0. The number of benzene rings is 5. The number of hydrogen-bond acceptors (Lipinski definition) is 0. The smallest absolute Gasteiger partial charge is 0.00177 e. The fraction of sp³-hybridized carbons (Fsp3) is 0.0435. The summed E-state index contributed by atoms with van der Waals surface area (Å²) in [6.45, 7) is 6.31. The van der Waals surface area contributed by atoms with E-state index in [-0.39, 0.29) is 0 Å². The molecule has 0 saturated carbocycles. The van der Waals surface area contributed by atoms with E-state index >= 15 is 0 Å². The van der Waals surface area contributed by atoms with E-state index in [2.05, 4.69) is 80.2 Å². The van der Waals surface area contributed by atoms with Gasteiger partial charge in [-0.3, -0.25) is 0 Å². The molecule has 0 N–H and O–H groups in total. The van der Waals surface area contributed by atoms with Gasteiger partial charge in [-0.1, -0.05) is 78.9 Å². The first-order valence-electron chi connectivity index (χ1n) is 8.00. The standard InChI is InChI=1S/C23H16/c1-14(2)17-13-12-16-8-4-10-19-18-9-3-6-15-7-5-11-20(21(15)18)23(17)22(16)19/h3-13H,1H2,2H3. The summed E-state index contributed by atoms with van der Waals surface area (Å²) in [5.41, 5.74) is 2.38. The first-order valence-corrected chi connectivity index (χ1v) is 8.00. The lowest BCUT2D eigenvalue weighted by Gasteiger charge is -2.17. The minimum absolute atomic E-state index is 1.12. The Morgan fingerprint density at radius 1 is 0.609 bits per heavy atom. The van der Waals surface area contributed by atoms with Crippen molar-refractivity contribution in [3.8, 4) is 0 Å². The minimum Gasteiger partial charge on any atom is -0.0955 e. The number of allylic oxidation sites excluding steroid dienone is 1. The summed E-state index contributed by atoms with van der Waals surface area (Å²) in [6, 6.07) is 24.3. The SMILES string of the molecule is C=C(C)c1ccc2cccc3c4cccc5cccc(c1c23)c54. The Balaban J connectivity index is 2.28. The molecule has 0 amide bonds. The van der Waals surface area contributed by atoms with Crippen molar-refractivity contribution in [2.45, 2.75) is 6.92 Å². The van der Waals surface area contributed by atoms with Gasteiger partial charge in [-0.05, 0) is 55.6 Å². The topological polar surface area (TPSA) is 0 Å². The molecule has 23 heavy (non-hydrogen) atoms. The van der Waals surface area contributed by atoms with Crippen LogP contribution in [0.25, 0.3) is 48.7 Å². The maximum atomic E-state index is 4.21. The highest BCUT2D eigenvalue weighted by Gasteiger charge is 2.15. The van der Waals surface area contributed by atoms with Crippen LogP contribution in [0.15, 0.2) is 73.3 Å². The molecule has 0 heterocycles. The van der Waals surface area contributed by atoms with E-state index in [4.69, 9.17) is 0 Å². The van der Waals surface area contributed by atoms with E-state index in [1.807, 2.05) is 0 Å². The van der Waals surface area contributed by atoms with Crippen molar-refractivity contribution in [3.63, 3.8) is 0 Å². The van der Waals surface area contributed by atoms with Crippen molar-refractivity contribution < 1.29 is 0 Å². The molecule has 0 aliphatic rings. The third-order valence-corrected chi connectivity index (χ3v) is 4.97. The molecule has 5 aromatic carbocycles. The second kappa shape index (κ2) is 4.33. The molecule has 0 radical (unpaired) electrons. The zero-order valence-electron chi connectivity index (χ0n) is 13.1. The van der Waals surface area contributed by atoms with Crippen LogP contribution in [0.4, 0.5) is 0 Å². The molecule has 0 saturated heterocycles. The van der Waals surface area contributed by atoms with E-state index in [9.17, 15) is 0 Å². The summed E-state index contributed by atoms with van der Waals surface area (Å²) in [5.74, 6) is 0. The van der Waals surface area contributed by atoms with E-state index < -0.39 is 0 Å². The molecule has 0 bridgehead atoms. The van der Waals surface area contributed by atoms with Crippen molar-refractivity contribution >= 4 is 48.7 Å². The van der Waals surface area contributed by atoms with E-state index in [1.165, 1.54) is 48.7 Å². The van der Waals surface area contributed by atoms with Gasteiger partial charge in [0, 0.05) is 0 Å². The van der Waals surface area contributed by atoms with E-state index in [0.29, 0.717) is 0 Å². The fourth-order valence-corrected chi connectivity index (χ4v) is 4.01. The molecule has 108 valence electrons. The highest BCUT2D eigenvalue weighted by Crippen LogP contribution is 2.42. The molecule has 0 spiro atoms. The largest absolute Gasteiger partial charge is 0.0955 e. The van der Waals surface area contributed by atoms with Crippen molar-refractivity contribution in [2.75, 3.05) is 0 Å². The third kappa shape index (κ3) is 1.55. The Hall–Kier alpha value is -2.86. The lowest BCUT2D eigenvalue weighted by Crippen LogP contribution is -1.90. The van der Waals surface area contributed by atoms with Gasteiger partial charge in [-0.25, -0.2) is 0 Å². The van der Waals surface area contributed by atoms with Gasteiger partial charge in [-0.2, -0.15) is 0 Å². The second-order valence-corrected chi connectivity index (χ2v) is 6.38. The molecule has 5 aromatic rings. The molecule has 0 fully saturated rings.